The predicted octanol–water partition coefficient (Wildman–Crippen LogP) is 13.3. The molecule has 0 aromatic rings. The molecule has 0 rings (SSSR count). The van der Waals surface area contributed by atoms with Crippen molar-refractivity contribution < 1.29 is 0 Å². The van der Waals surface area contributed by atoms with Crippen molar-refractivity contribution in [1.82, 2.24) is 0 Å². The molecule has 0 bridgehead atoms. The Balaban J connectivity index is 3.76. The van der Waals surface area contributed by atoms with Gasteiger partial charge in [0.2, 0.25) is 0 Å². The van der Waals surface area contributed by atoms with Crippen LogP contribution >= 0.6 is 0 Å². The zero-order valence-electron chi connectivity index (χ0n) is 24.6. The molecule has 0 amide bonds. The summed E-state index contributed by atoms with van der Waals surface area (Å²) < 4.78 is 0. The molecule has 0 fully saturated rings. The van der Waals surface area contributed by atoms with Gasteiger partial charge in [0.25, 0.3) is 0 Å². The molecule has 0 N–H and O–H groups in total. The van der Waals surface area contributed by atoms with Gasteiger partial charge in [-0.05, 0) is 38.5 Å². The second kappa shape index (κ2) is 30.8. The van der Waals surface area contributed by atoms with Crippen LogP contribution in [0.1, 0.15) is 207 Å². The summed E-state index contributed by atoms with van der Waals surface area (Å²) in [5, 5.41) is 0. The highest BCUT2D eigenvalue weighted by Gasteiger charge is 2.00. The van der Waals surface area contributed by atoms with Crippen molar-refractivity contribution in [2.45, 2.75) is 207 Å². The lowest BCUT2D eigenvalue weighted by molar-refractivity contribution is 0.536. The third kappa shape index (κ3) is 28.0. The number of rotatable bonds is 29. The molecule has 0 atom stereocenters. The molecule has 0 aliphatic heterocycles. The highest BCUT2D eigenvalue weighted by molar-refractivity contribution is 5.02. The first-order valence-corrected chi connectivity index (χ1v) is 16.5. The first-order valence-electron chi connectivity index (χ1n) is 16.5. The molecule has 0 aliphatic carbocycles. The molecule has 0 aromatic carbocycles. The van der Waals surface area contributed by atoms with Gasteiger partial charge in [-0.2, -0.15) is 0 Å². The smallest absolute Gasteiger partial charge is 0.0320 e. The lowest BCUT2D eigenvalue weighted by Gasteiger charge is -2.09. The maximum Gasteiger partial charge on any atom is -0.0320 e. The molecule has 0 nitrogen and oxygen atoms in total. The van der Waals surface area contributed by atoms with E-state index >= 15 is 0 Å². The molecule has 0 unspecified atom stereocenters. The Morgan fingerprint density at radius 2 is 0.588 bits per heavy atom. The topological polar surface area (TPSA) is 0 Å². The van der Waals surface area contributed by atoms with E-state index < -0.39 is 0 Å². The normalized spacial score (nSPS) is 11.3. The van der Waals surface area contributed by atoms with Crippen molar-refractivity contribution in [1.29, 1.82) is 0 Å². The molecule has 0 heterocycles. The van der Waals surface area contributed by atoms with E-state index in [9.17, 15) is 0 Å². The van der Waals surface area contributed by atoms with Crippen molar-refractivity contribution in [2.75, 3.05) is 0 Å². The van der Waals surface area contributed by atoms with Crippen LogP contribution in [0.4, 0.5) is 0 Å². The molecule has 0 saturated heterocycles. The maximum absolute atomic E-state index is 2.67. The fourth-order valence-electron chi connectivity index (χ4n) is 5.24. The number of hydrogen-bond donors (Lipinski definition) is 0. The molecule has 0 heteroatoms. The van der Waals surface area contributed by atoms with Crippen LogP contribution in [0.25, 0.3) is 0 Å². The predicted molar refractivity (Wildman–Crippen MR) is 159 cm³/mol. The minimum atomic E-state index is 1.35. The molecule has 204 valence electrons. The van der Waals surface area contributed by atoms with E-state index in [1.54, 1.807) is 5.57 Å². The van der Waals surface area contributed by atoms with Gasteiger partial charge in [-0.1, -0.05) is 180 Å². The molecule has 0 radical (unpaired) electrons. The summed E-state index contributed by atoms with van der Waals surface area (Å²) in [4.78, 5) is 0. The standard InChI is InChI=1S/C34H68/c1-4-7-10-13-16-17-18-19-20-21-22-23-24-27-30-33-34(31-28-25-14-11-8-5-2)32-29-26-15-12-9-6-3/h33H,4-32H2,1-3H3. The molecule has 0 aromatic heterocycles. The number of unbranched alkanes of at least 4 members (excludes halogenated alkanes) is 24. The van der Waals surface area contributed by atoms with Crippen molar-refractivity contribution in [3.8, 4) is 0 Å². The molecular weight excluding hydrogens is 408 g/mol. The Labute approximate surface area is 218 Å². The van der Waals surface area contributed by atoms with Crippen LogP contribution in [0.3, 0.4) is 0 Å². The third-order valence-electron chi connectivity index (χ3n) is 7.69. The molecule has 0 spiro atoms. The van der Waals surface area contributed by atoms with E-state index in [2.05, 4.69) is 26.8 Å². The van der Waals surface area contributed by atoms with Crippen LogP contribution in [0.5, 0.6) is 0 Å². The second-order valence-electron chi connectivity index (χ2n) is 11.3. The van der Waals surface area contributed by atoms with Gasteiger partial charge in [-0.3, -0.25) is 0 Å². The monoisotopic (exact) mass is 477 g/mol. The Morgan fingerprint density at radius 3 is 0.912 bits per heavy atom. The summed E-state index contributed by atoms with van der Waals surface area (Å²) in [6.07, 6.45) is 44.4. The minimum Gasteiger partial charge on any atom is -0.0853 e. The SMILES string of the molecule is CCCCCCCCCCCCCCCCC=C(CCCCCCCC)CCCCCCCC. The van der Waals surface area contributed by atoms with E-state index in [0.717, 1.165) is 0 Å². The Bertz CT molecular complexity index is 361. The summed E-state index contributed by atoms with van der Waals surface area (Å²) in [7, 11) is 0. The number of allylic oxidation sites excluding steroid dienone is 2. The van der Waals surface area contributed by atoms with Crippen molar-refractivity contribution >= 4 is 0 Å². The van der Waals surface area contributed by atoms with Gasteiger partial charge in [-0.25, -0.2) is 0 Å². The average molecular weight is 477 g/mol. The van der Waals surface area contributed by atoms with Crippen LogP contribution < -0.4 is 0 Å². The van der Waals surface area contributed by atoms with Crippen molar-refractivity contribution in [2.24, 2.45) is 0 Å². The van der Waals surface area contributed by atoms with Crippen LogP contribution in [0.2, 0.25) is 0 Å². The van der Waals surface area contributed by atoms with Gasteiger partial charge in [0, 0.05) is 0 Å². The first-order chi connectivity index (χ1) is 16.8. The summed E-state index contributed by atoms with van der Waals surface area (Å²) in [6.45, 7) is 6.94. The van der Waals surface area contributed by atoms with Crippen LogP contribution in [-0.2, 0) is 0 Å². The van der Waals surface area contributed by atoms with Gasteiger partial charge in [0.15, 0.2) is 0 Å². The van der Waals surface area contributed by atoms with Crippen LogP contribution in [0.15, 0.2) is 11.6 Å². The molecule has 0 aliphatic rings. The summed E-state index contributed by atoms with van der Waals surface area (Å²) in [6, 6.07) is 0. The Morgan fingerprint density at radius 1 is 0.324 bits per heavy atom. The second-order valence-corrected chi connectivity index (χ2v) is 11.3. The van der Waals surface area contributed by atoms with Gasteiger partial charge in [0.1, 0.15) is 0 Å². The summed E-state index contributed by atoms with van der Waals surface area (Å²) >= 11 is 0. The van der Waals surface area contributed by atoms with E-state index in [0.29, 0.717) is 0 Å². The lowest BCUT2D eigenvalue weighted by atomic mass is 9.97. The van der Waals surface area contributed by atoms with Gasteiger partial charge < -0.3 is 0 Å². The zero-order valence-corrected chi connectivity index (χ0v) is 24.6. The minimum absolute atomic E-state index is 1.35. The average Bonchev–Trinajstić information content (AvgIpc) is 2.85. The van der Waals surface area contributed by atoms with Crippen molar-refractivity contribution in [3.05, 3.63) is 11.6 Å². The summed E-state index contributed by atoms with van der Waals surface area (Å²) in [5.74, 6) is 0. The van der Waals surface area contributed by atoms with Gasteiger partial charge in [-0.15, -0.1) is 0 Å². The van der Waals surface area contributed by atoms with E-state index in [-0.39, 0.29) is 0 Å². The lowest BCUT2D eigenvalue weighted by Crippen LogP contribution is -1.89. The molecule has 34 heavy (non-hydrogen) atoms. The highest BCUT2D eigenvalue weighted by Crippen LogP contribution is 2.20. The largest absolute Gasteiger partial charge is 0.0853 e. The fraction of sp³-hybridized carbons (Fsp3) is 0.941. The summed E-state index contributed by atoms with van der Waals surface area (Å²) in [5.41, 5.74) is 1.81. The van der Waals surface area contributed by atoms with E-state index in [4.69, 9.17) is 0 Å². The molecule has 0 saturated carbocycles. The van der Waals surface area contributed by atoms with E-state index in [1.807, 2.05) is 0 Å². The van der Waals surface area contributed by atoms with Gasteiger partial charge in [0.05, 0.1) is 0 Å². The third-order valence-corrected chi connectivity index (χ3v) is 7.69. The Kier molecular flexibility index (Phi) is 30.5. The van der Waals surface area contributed by atoms with Crippen LogP contribution in [0, 0.1) is 0 Å². The van der Waals surface area contributed by atoms with Gasteiger partial charge >= 0.3 is 0 Å². The quantitative estimate of drug-likeness (QED) is 0.0743. The maximum atomic E-state index is 2.67. The number of hydrogen-bond acceptors (Lipinski definition) is 0. The first kappa shape index (κ1) is 33.7. The van der Waals surface area contributed by atoms with Crippen molar-refractivity contribution in [3.63, 3.8) is 0 Å². The van der Waals surface area contributed by atoms with E-state index in [1.165, 1.54) is 186 Å². The Hall–Kier alpha value is -0.260. The van der Waals surface area contributed by atoms with Crippen LogP contribution in [-0.4, -0.2) is 0 Å². The molecular formula is C34H68. The fourth-order valence-corrected chi connectivity index (χ4v) is 5.24. The zero-order chi connectivity index (χ0) is 24.8. The highest BCUT2D eigenvalue weighted by atomic mass is 14.1.